The van der Waals surface area contributed by atoms with E-state index in [4.69, 9.17) is 9.47 Å². The number of allylic oxidation sites excluding steroid dienone is 1. The first-order valence-electron chi connectivity index (χ1n) is 6.21. The van der Waals surface area contributed by atoms with Gasteiger partial charge in [0, 0.05) is 6.42 Å². The molecule has 4 nitrogen and oxygen atoms in total. The van der Waals surface area contributed by atoms with Gasteiger partial charge in [-0.2, -0.15) is 0 Å². The molecular weight excluding hydrogens is 244 g/mol. The Morgan fingerprint density at radius 3 is 2.47 bits per heavy atom. The number of benzene rings is 1. The van der Waals surface area contributed by atoms with E-state index in [2.05, 4.69) is 0 Å². The van der Waals surface area contributed by atoms with Crippen LogP contribution in [0.2, 0.25) is 0 Å². The molecule has 1 aliphatic rings. The lowest BCUT2D eigenvalue weighted by atomic mass is 9.91. The number of esters is 2. The van der Waals surface area contributed by atoms with Crippen LogP contribution in [0.15, 0.2) is 42.5 Å². The van der Waals surface area contributed by atoms with E-state index >= 15 is 0 Å². The molecule has 2 atom stereocenters. The van der Waals surface area contributed by atoms with Crippen LogP contribution in [-0.4, -0.2) is 25.2 Å². The summed E-state index contributed by atoms with van der Waals surface area (Å²) < 4.78 is 10.2. The first-order valence-corrected chi connectivity index (χ1v) is 6.21. The molecule has 0 bridgehead atoms. The number of methoxy groups -OCH3 is 1. The molecule has 2 rings (SSSR count). The van der Waals surface area contributed by atoms with Crippen LogP contribution in [0, 0.1) is 5.92 Å². The lowest BCUT2D eigenvalue weighted by Gasteiger charge is -2.26. The largest absolute Gasteiger partial charge is 0.469 e. The maximum absolute atomic E-state index is 12.0. The summed E-state index contributed by atoms with van der Waals surface area (Å²) in [5.74, 6) is -1.16. The third kappa shape index (κ3) is 3.22. The molecule has 1 aliphatic carbocycles. The Balaban J connectivity index is 2.06. The van der Waals surface area contributed by atoms with E-state index in [0.29, 0.717) is 18.4 Å². The van der Waals surface area contributed by atoms with Gasteiger partial charge in [0.25, 0.3) is 0 Å². The third-order valence-corrected chi connectivity index (χ3v) is 3.15. The number of carbonyl (C=O) groups excluding carboxylic acids is 2. The SMILES string of the molecule is COC(=O)[C@@H]1CC=CC[C@@H]1OC(=O)c1ccccc1. The summed E-state index contributed by atoms with van der Waals surface area (Å²) >= 11 is 0. The van der Waals surface area contributed by atoms with Crippen LogP contribution in [0.4, 0.5) is 0 Å². The Labute approximate surface area is 112 Å². The summed E-state index contributed by atoms with van der Waals surface area (Å²) in [6.07, 6.45) is 4.46. The maximum atomic E-state index is 12.0. The fourth-order valence-corrected chi connectivity index (χ4v) is 2.10. The molecule has 100 valence electrons. The zero-order valence-corrected chi connectivity index (χ0v) is 10.7. The van der Waals surface area contributed by atoms with Gasteiger partial charge in [-0.25, -0.2) is 4.79 Å². The van der Waals surface area contributed by atoms with Crippen LogP contribution in [0.25, 0.3) is 0 Å². The standard InChI is InChI=1S/C15H16O4/c1-18-15(17)12-9-5-6-10-13(12)19-14(16)11-7-3-2-4-8-11/h2-8,12-13H,9-10H2,1H3/t12-,13+/m1/s1. The highest BCUT2D eigenvalue weighted by Crippen LogP contribution is 2.24. The lowest BCUT2D eigenvalue weighted by molar-refractivity contribution is -0.149. The Morgan fingerprint density at radius 2 is 1.79 bits per heavy atom. The van der Waals surface area contributed by atoms with Crippen LogP contribution in [0.1, 0.15) is 23.2 Å². The minimum Gasteiger partial charge on any atom is -0.469 e. The maximum Gasteiger partial charge on any atom is 0.338 e. The summed E-state index contributed by atoms with van der Waals surface area (Å²) in [4.78, 5) is 23.6. The van der Waals surface area contributed by atoms with Crippen molar-refractivity contribution in [2.45, 2.75) is 18.9 Å². The van der Waals surface area contributed by atoms with E-state index in [-0.39, 0.29) is 5.97 Å². The molecule has 0 aliphatic heterocycles. The van der Waals surface area contributed by atoms with Gasteiger partial charge in [0.05, 0.1) is 18.6 Å². The number of hydrogen-bond acceptors (Lipinski definition) is 4. The van der Waals surface area contributed by atoms with Gasteiger partial charge in [-0.1, -0.05) is 30.4 Å². The summed E-state index contributed by atoms with van der Waals surface area (Å²) in [6.45, 7) is 0. The van der Waals surface area contributed by atoms with Gasteiger partial charge in [0.2, 0.25) is 0 Å². The topological polar surface area (TPSA) is 52.6 Å². The summed E-state index contributed by atoms with van der Waals surface area (Å²) in [5.41, 5.74) is 0.487. The minimum atomic E-state index is -0.454. The van der Waals surface area contributed by atoms with E-state index in [1.807, 2.05) is 18.2 Å². The Bertz CT molecular complexity index is 478. The molecule has 0 fully saturated rings. The van der Waals surface area contributed by atoms with Crippen molar-refractivity contribution < 1.29 is 19.1 Å². The molecule has 0 aromatic heterocycles. The zero-order chi connectivity index (χ0) is 13.7. The van der Waals surface area contributed by atoms with Crippen molar-refractivity contribution in [2.24, 2.45) is 5.92 Å². The average Bonchev–Trinajstić information content (AvgIpc) is 2.48. The molecule has 0 saturated carbocycles. The monoisotopic (exact) mass is 260 g/mol. The Kier molecular flexibility index (Phi) is 4.34. The normalized spacial score (nSPS) is 21.7. The predicted octanol–water partition coefficient (Wildman–Crippen LogP) is 2.35. The average molecular weight is 260 g/mol. The summed E-state index contributed by atoms with van der Waals surface area (Å²) in [5, 5.41) is 0. The first kappa shape index (κ1) is 13.3. The van der Waals surface area contributed by atoms with Gasteiger partial charge in [0.15, 0.2) is 0 Å². The van der Waals surface area contributed by atoms with E-state index in [1.165, 1.54) is 7.11 Å². The molecule has 0 saturated heterocycles. The highest BCUT2D eigenvalue weighted by atomic mass is 16.6. The molecule has 1 aromatic carbocycles. The Morgan fingerprint density at radius 1 is 1.11 bits per heavy atom. The van der Waals surface area contributed by atoms with E-state index in [9.17, 15) is 9.59 Å². The second kappa shape index (κ2) is 6.18. The number of carbonyl (C=O) groups is 2. The minimum absolute atomic E-state index is 0.338. The molecule has 1 aromatic rings. The molecule has 0 radical (unpaired) electrons. The molecule has 19 heavy (non-hydrogen) atoms. The van der Waals surface area contributed by atoms with Gasteiger partial charge in [-0.15, -0.1) is 0 Å². The van der Waals surface area contributed by atoms with E-state index in [0.717, 1.165) is 0 Å². The van der Waals surface area contributed by atoms with Crippen molar-refractivity contribution in [1.82, 2.24) is 0 Å². The number of hydrogen-bond donors (Lipinski definition) is 0. The molecule has 0 amide bonds. The van der Waals surface area contributed by atoms with Crippen molar-refractivity contribution in [1.29, 1.82) is 0 Å². The fraction of sp³-hybridized carbons (Fsp3) is 0.333. The predicted molar refractivity (Wildman–Crippen MR) is 69.5 cm³/mol. The fourth-order valence-electron chi connectivity index (χ4n) is 2.10. The molecular formula is C15H16O4. The second-order valence-electron chi connectivity index (χ2n) is 4.38. The molecule has 0 heterocycles. The molecule has 0 spiro atoms. The molecule has 4 heteroatoms. The van der Waals surface area contributed by atoms with Gasteiger partial charge < -0.3 is 9.47 Å². The van der Waals surface area contributed by atoms with Gasteiger partial charge in [0.1, 0.15) is 6.10 Å². The molecule has 0 N–H and O–H groups in total. The van der Waals surface area contributed by atoms with Gasteiger partial charge in [-0.05, 0) is 18.6 Å². The van der Waals surface area contributed by atoms with Crippen molar-refractivity contribution >= 4 is 11.9 Å². The number of ether oxygens (including phenoxy) is 2. The second-order valence-corrected chi connectivity index (χ2v) is 4.38. The van der Waals surface area contributed by atoms with Crippen LogP contribution in [-0.2, 0) is 14.3 Å². The summed E-state index contributed by atoms with van der Waals surface area (Å²) in [7, 11) is 1.34. The lowest BCUT2D eigenvalue weighted by Crippen LogP contribution is -2.34. The van der Waals surface area contributed by atoms with E-state index in [1.54, 1.807) is 24.3 Å². The highest BCUT2D eigenvalue weighted by molar-refractivity contribution is 5.89. The quantitative estimate of drug-likeness (QED) is 0.618. The van der Waals surface area contributed by atoms with Crippen molar-refractivity contribution in [3.63, 3.8) is 0 Å². The summed E-state index contributed by atoms with van der Waals surface area (Å²) in [6, 6.07) is 8.75. The van der Waals surface area contributed by atoms with Crippen molar-refractivity contribution in [3.8, 4) is 0 Å². The van der Waals surface area contributed by atoms with Crippen LogP contribution in [0.5, 0.6) is 0 Å². The van der Waals surface area contributed by atoms with Crippen molar-refractivity contribution in [2.75, 3.05) is 7.11 Å². The highest BCUT2D eigenvalue weighted by Gasteiger charge is 2.32. The number of rotatable bonds is 3. The van der Waals surface area contributed by atoms with Gasteiger partial charge in [-0.3, -0.25) is 4.79 Å². The Hall–Kier alpha value is -2.10. The van der Waals surface area contributed by atoms with Gasteiger partial charge >= 0.3 is 11.9 Å². The van der Waals surface area contributed by atoms with Crippen molar-refractivity contribution in [3.05, 3.63) is 48.0 Å². The first-order chi connectivity index (χ1) is 9.22. The van der Waals surface area contributed by atoms with Crippen LogP contribution >= 0.6 is 0 Å². The van der Waals surface area contributed by atoms with E-state index < -0.39 is 18.0 Å². The van der Waals surface area contributed by atoms with Crippen LogP contribution in [0.3, 0.4) is 0 Å². The molecule has 0 unspecified atom stereocenters. The smallest absolute Gasteiger partial charge is 0.338 e. The van der Waals surface area contributed by atoms with Crippen LogP contribution < -0.4 is 0 Å². The third-order valence-electron chi connectivity index (χ3n) is 3.15. The zero-order valence-electron chi connectivity index (χ0n) is 10.7.